The van der Waals surface area contributed by atoms with E-state index in [-0.39, 0.29) is 4.90 Å². The van der Waals surface area contributed by atoms with Gasteiger partial charge in [0.25, 0.3) is 0 Å². The van der Waals surface area contributed by atoms with Crippen LogP contribution in [0.3, 0.4) is 0 Å². The predicted octanol–water partition coefficient (Wildman–Crippen LogP) is 2.93. The molecule has 4 heteroatoms. The summed E-state index contributed by atoms with van der Waals surface area (Å²) in [4.78, 5) is 0.141. The molecule has 2 aromatic carbocycles. The molecule has 0 aliphatic heterocycles. The fourth-order valence-electron chi connectivity index (χ4n) is 2.11. The summed E-state index contributed by atoms with van der Waals surface area (Å²) in [5.74, 6) is 0. The van der Waals surface area contributed by atoms with E-state index in [4.69, 9.17) is 5.14 Å². The molecule has 2 rings (SSSR count). The number of aryl methyl sites for hydroxylation is 3. The zero-order chi connectivity index (χ0) is 14.2. The zero-order valence-corrected chi connectivity index (χ0v) is 12.1. The van der Waals surface area contributed by atoms with Crippen LogP contribution in [0, 0.1) is 20.8 Å². The lowest BCUT2D eigenvalue weighted by atomic mass is 9.96. The van der Waals surface area contributed by atoms with Gasteiger partial charge in [0.15, 0.2) is 0 Å². The van der Waals surface area contributed by atoms with Crippen molar-refractivity contribution in [2.24, 2.45) is 5.14 Å². The molecule has 0 bridgehead atoms. The van der Waals surface area contributed by atoms with E-state index in [1.807, 2.05) is 19.9 Å². The summed E-state index contributed by atoms with van der Waals surface area (Å²) in [7, 11) is -3.66. The van der Waals surface area contributed by atoms with Crippen molar-refractivity contribution < 1.29 is 8.42 Å². The number of rotatable bonds is 2. The van der Waals surface area contributed by atoms with E-state index in [0.717, 1.165) is 16.7 Å². The molecule has 0 atom stereocenters. The van der Waals surface area contributed by atoms with E-state index in [1.165, 1.54) is 17.2 Å². The van der Waals surface area contributed by atoms with Crippen molar-refractivity contribution in [1.29, 1.82) is 0 Å². The van der Waals surface area contributed by atoms with Gasteiger partial charge in [0.05, 0.1) is 4.90 Å². The van der Waals surface area contributed by atoms with Gasteiger partial charge < -0.3 is 0 Å². The molecule has 0 radical (unpaired) electrons. The lowest BCUT2D eigenvalue weighted by molar-refractivity contribution is 0.598. The summed E-state index contributed by atoms with van der Waals surface area (Å²) in [6.45, 7) is 6.13. The molecular formula is C15H17NO2S. The molecule has 0 fully saturated rings. The van der Waals surface area contributed by atoms with E-state index >= 15 is 0 Å². The molecule has 0 spiro atoms. The maximum absolute atomic E-state index is 11.4. The molecule has 0 unspecified atom stereocenters. The Morgan fingerprint density at radius 2 is 1.53 bits per heavy atom. The van der Waals surface area contributed by atoms with Gasteiger partial charge in [0, 0.05) is 0 Å². The van der Waals surface area contributed by atoms with Gasteiger partial charge in [-0.1, -0.05) is 24.3 Å². The second-order valence-corrected chi connectivity index (χ2v) is 6.39. The summed E-state index contributed by atoms with van der Waals surface area (Å²) >= 11 is 0. The van der Waals surface area contributed by atoms with Crippen LogP contribution in [0.5, 0.6) is 0 Å². The maximum atomic E-state index is 11.4. The molecule has 0 amide bonds. The zero-order valence-electron chi connectivity index (χ0n) is 11.3. The van der Waals surface area contributed by atoms with Gasteiger partial charge in [-0.15, -0.1) is 0 Å². The van der Waals surface area contributed by atoms with Gasteiger partial charge in [-0.2, -0.15) is 0 Å². The Morgan fingerprint density at radius 1 is 0.895 bits per heavy atom. The van der Waals surface area contributed by atoms with E-state index in [1.54, 1.807) is 12.1 Å². The molecule has 0 saturated heterocycles. The molecular weight excluding hydrogens is 258 g/mol. The quantitative estimate of drug-likeness (QED) is 0.916. The predicted molar refractivity (Wildman–Crippen MR) is 77.5 cm³/mol. The Labute approximate surface area is 114 Å². The van der Waals surface area contributed by atoms with Gasteiger partial charge in [-0.05, 0) is 60.7 Å². The molecule has 0 aromatic heterocycles. The highest BCUT2D eigenvalue weighted by molar-refractivity contribution is 7.89. The minimum atomic E-state index is -3.66. The second-order valence-electron chi connectivity index (χ2n) is 4.82. The Bertz CT molecular complexity index is 734. The Morgan fingerprint density at radius 3 is 2.16 bits per heavy atom. The van der Waals surface area contributed by atoms with Crippen LogP contribution in [-0.2, 0) is 10.0 Å². The number of sulfonamides is 1. The SMILES string of the molecule is Cc1cc(C)c(-c2cccc(S(N)(=O)=O)c2)cc1C. The molecule has 19 heavy (non-hydrogen) atoms. The Hall–Kier alpha value is -1.65. The van der Waals surface area contributed by atoms with Crippen LogP contribution in [0.1, 0.15) is 16.7 Å². The van der Waals surface area contributed by atoms with E-state index < -0.39 is 10.0 Å². The largest absolute Gasteiger partial charge is 0.238 e. The third-order valence-corrected chi connectivity index (χ3v) is 4.23. The van der Waals surface area contributed by atoms with Gasteiger partial charge in [0.2, 0.25) is 10.0 Å². The first kappa shape index (κ1) is 13.8. The van der Waals surface area contributed by atoms with E-state index in [9.17, 15) is 8.42 Å². The average Bonchev–Trinajstić information content (AvgIpc) is 2.33. The van der Waals surface area contributed by atoms with Crippen molar-refractivity contribution in [3.05, 3.63) is 53.1 Å². The van der Waals surface area contributed by atoms with Crippen LogP contribution >= 0.6 is 0 Å². The highest BCUT2D eigenvalue weighted by Gasteiger charge is 2.10. The lowest BCUT2D eigenvalue weighted by Crippen LogP contribution is -2.11. The first-order valence-electron chi connectivity index (χ1n) is 6.00. The third-order valence-electron chi connectivity index (χ3n) is 3.31. The summed E-state index contributed by atoms with van der Waals surface area (Å²) in [6, 6.07) is 10.9. The number of nitrogens with two attached hydrogens (primary N) is 1. The Balaban J connectivity index is 2.63. The molecule has 2 aromatic rings. The number of hydrogen-bond acceptors (Lipinski definition) is 2. The molecule has 100 valence electrons. The van der Waals surface area contributed by atoms with Crippen molar-refractivity contribution in [2.75, 3.05) is 0 Å². The lowest BCUT2D eigenvalue weighted by Gasteiger charge is -2.11. The van der Waals surface area contributed by atoms with Crippen molar-refractivity contribution in [3.8, 4) is 11.1 Å². The van der Waals surface area contributed by atoms with Gasteiger partial charge in [-0.25, -0.2) is 13.6 Å². The minimum Gasteiger partial charge on any atom is -0.225 e. The monoisotopic (exact) mass is 275 g/mol. The van der Waals surface area contributed by atoms with Crippen LogP contribution in [0.2, 0.25) is 0 Å². The number of hydrogen-bond donors (Lipinski definition) is 1. The van der Waals surface area contributed by atoms with Crippen molar-refractivity contribution in [1.82, 2.24) is 0 Å². The van der Waals surface area contributed by atoms with Gasteiger partial charge in [0.1, 0.15) is 0 Å². The first-order chi connectivity index (χ1) is 8.79. The average molecular weight is 275 g/mol. The minimum absolute atomic E-state index is 0.141. The van der Waals surface area contributed by atoms with Crippen molar-refractivity contribution >= 4 is 10.0 Å². The van der Waals surface area contributed by atoms with Crippen LogP contribution in [-0.4, -0.2) is 8.42 Å². The Kier molecular flexibility index (Phi) is 3.47. The second kappa shape index (κ2) is 4.79. The summed E-state index contributed by atoms with van der Waals surface area (Å²) in [5, 5.41) is 5.17. The van der Waals surface area contributed by atoms with Gasteiger partial charge in [-0.3, -0.25) is 0 Å². The number of benzene rings is 2. The molecule has 0 aliphatic carbocycles. The van der Waals surface area contributed by atoms with Crippen LogP contribution in [0.25, 0.3) is 11.1 Å². The van der Waals surface area contributed by atoms with Crippen molar-refractivity contribution in [3.63, 3.8) is 0 Å². The van der Waals surface area contributed by atoms with Crippen LogP contribution < -0.4 is 5.14 Å². The maximum Gasteiger partial charge on any atom is 0.238 e. The van der Waals surface area contributed by atoms with Crippen molar-refractivity contribution in [2.45, 2.75) is 25.7 Å². The van der Waals surface area contributed by atoms with Crippen LogP contribution in [0.4, 0.5) is 0 Å². The first-order valence-corrected chi connectivity index (χ1v) is 7.55. The summed E-state index contributed by atoms with van der Waals surface area (Å²) < 4.78 is 22.8. The van der Waals surface area contributed by atoms with Crippen LogP contribution in [0.15, 0.2) is 41.3 Å². The highest BCUT2D eigenvalue weighted by atomic mass is 32.2. The fraction of sp³-hybridized carbons (Fsp3) is 0.200. The third kappa shape index (κ3) is 2.85. The molecule has 0 heterocycles. The summed E-state index contributed by atoms with van der Waals surface area (Å²) in [5.41, 5.74) is 5.43. The van der Waals surface area contributed by atoms with Gasteiger partial charge >= 0.3 is 0 Å². The highest BCUT2D eigenvalue weighted by Crippen LogP contribution is 2.27. The normalized spacial score (nSPS) is 11.6. The van der Waals surface area contributed by atoms with E-state index in [0.29, 0.717) is 0 Å². The fourth-order valence-corrected chi connectivity index (χ4v) is 2.67. The smallest absolute Gasteiger partial charge is 0.225 e. The number of primary sulfonamides is 1. The molecule has 2 N–H and O–H groups in total. The topological polar surface area (TPSA) is 60.2 Å². The van der Waals surface area contributed by atoms with E-state index in [2.05, 4.69) is 19.1 Å². The molecule has 3 nitrogen and oxygen atoms in total. The summed E-state index contributed by atoms with van der Waals surface area (Å²) in [6.07, 6.45) is 0. The molecule has 0 saturated carbocycles. The molecule has 0 aliphatic rings. The standard InChI is InChI=1S/C15H17NO2S/c1-10-7-12(3)15(8-11(10)2)13-5-4-6-14(9-13)19(16,17)18/h4-9H,1-3H3,(H2,16,17,18).